The third-order valence-electron chi connectivity index (χ3n) is 6.56. The number of anilines is 1. The SMILES string of the molecule is CCNC(=O)N1CCC[C@@H](C2=C3C=NC=C[N+]3(N)C(c3ccc(C(=O)Nc4ccccn4)cc3)=N2)C1. The van der Waals surface area contributed by atoms with E-state index in [2.05, 4.69) is 20.6 Å². The number of nitrogens with two attached hydrogens (primary N) is 1. The fourth-order valence-corrected chi connectivity index (χ4v) is 4.75. The Hall–Kier alpha value is -4.15. The number of piperidine rings is 1. The third-order valence-corrected chi connectivity index (χ3v) is 6.56. The Kier molecular flexibility index (Phi) is 6.45. The number of quaternary nitrogens is 1. The maximum Gasteiger partial charge on any atom is 0.317 e. The second-order valence-corrected chi connectivity index (χ2v) is 8.93. The van der Waals surface area contributed by atoms with Gasteiger partial charge in [-0.1, -0.05) is 6.07 Å². The number of pyridine rings is 1. The number of amides is 3. The van der Waals surface area contributed by atoms with Crippen molar-refractivity contribution in [2.45, 2.75) is 19.8 Å². The maximum absolute atomic E-state index is 12.6. The molecule has 0 aliphatic carbocycles. The van der Waals surface area contributed by atoms with Crippen LogP contribution in [0.2, 0.25) is 0 Å². The number of aromatic nitrogens is 1. The summed E-state index contributed by atoms with van der Waals surface area (Å²) < 4.78 is -0.101. The number of hydrogen-bond acceptors (Lipinski definition) is 6. The maximum atomic E-state index is 12.6. The Labute approximate surface area is 209 Å². The van der Waals surface area contributed by atoms with Crippen molar-refractivity contribution in [2.24, 2.45) is 21.7 Å². The fraction of sp³-hybridized carbons (Fsp3) is 0.269. The Bertz CT molecular complexity index is 1280. The molecule has 4 N–H and O–H groups in total. The van der Waals surface area contributed by atoms with Gasteiger partial charge in [0.25, 0.3) is 11.7 Å². The molecule has 1 fully saturated rings. The van der Waals surface area contributed by atoms with Gasteiger partial charge in [0.2, 0.25) is 5.70 Å². The largest absolute Gasteiger partial charge is 0.338 e. The minimum atomic E-state index is -0.248. The van der Waals surface area contributed by atoms with Gasteiger partial charge in [0.05, 0.1) is 18.0 Å². The molecule has 0 spiro atoms. The van der Waals surface area contributed by atoms with Gasteiger partial charge in [0.15, 0.2) is 0 Å². The second kappa shape index (κ2) is 9.84. The van der Waals surface area contributed by atoms with E-state index in [1.54, 1.807) is 49.1 Å². The van der Waals surface area contributed by atoms with Crippen LogP contribution in [0, 0.1) is 5.92 Å². The number of allylic oxidation sites excluding steroid dienone is 1. The van der Waals surface area contributed by atoms with Crippen LogP contribution in [0.15, 0.2) is 82.4 Å². The fourth-order valence-electron chi connectivity index (χ4n) is 4.75. The summed E-state index contributed by atoms with van der Waals surface area (Å²) in [6, 6.07) is 12.5. The number of hydrogen-bond donors (Lipinski definition) is 3. The quantitative estimate of drug-likeness (QED) is 0.445. The van der Waals surface area contributed by atoms with Crippen molar-refractivity contribution in [2.75, 3.05) is 25.0 Å². The summed E-state index contributed by atoms with van der Waals surface area (Å²) in [5.74, 6) is 7.81. The summed E-state index contributed by atoms with van der Waals surface area (Å²) in [7, 11) is 0. The van der Waals surface area contributed by atoms with Crippen molar-refractivity contribution in [1.82, 2.24) is 15.2 Å². The van der Waals surface area contributed by atoms with E-state index in [9.17, 15) is 9.59 Å². The van der Waals surface area contributed by atoms with Crippen LogP contribution in [0.5, 0.6) is 0 Å². The summed E-state index contributed by atoms with van der Waals surface area (Å²) in [6.45, 7) is 3.80. The van der Waals surface area contributed by atoms with Crippen molar-refractivity contribution in [3.05, 3.63) is 83.6 Å². The average Bonchev–Trinajstić information content (AvgIpc) is 3.22. The van der Waals surface area contributed by atoms with Crippen LogP contribution in [0.3, 0.4) is 0 Å². The summed E-state index contributed by atoms with van der Waals surface area (Å²) in [5.41, 5.74) is 2.95. The summed E-state index contributed by atoms with van der Waals surface area (Å²) in [6.07, 6.45) is 8.65. The second-order valence-electron chi connectivity index (χ2n) is 8.93. The smallest absolute Gasteiger partial charge is 0.317 e. The molecule has 4 heterocycles. The van der Waals surface area contributed by atoms with Gasteiger partial charge in [-0.05, 0) is 56.2 Å². The molecule has 184 valence electrons. The molecule has 0 saturated carbocycles. The lowest BCUT2D eigenvalue weighted by Gasteiger charge is -2.32. The molecule has 3 aliphatic heterocycles. The number of aliphatic imine (C=N–C) groups is 2. The van der Waals surface area contributed by atoms with E-state index in [-0.39, 0.29) is 22.4 Å². The Morgan fingerprint density at radius 3 is 2.78 bits per heavy atom. The van der Waals surface area contributed by atoms with Crippen LogP contribution < -0.4 is 16.5 Å². The molecule has 0 bridgehead atoms. The van der Waals surface area contributed by atoms with Crippen LogP contribution in [-0.4, -0.2) is 58.1 Å². The minimum Gasteiger partial charge on any atom is -0.338 e. The first-order valence-electron chi connectivity index (χ1n) is 12.1. The number of urea groups is 1. The van der Waals surface area contributed by atoms with E-state index < -0.39 is 0 Å². The minimum absolute atomic E-state index is 0.0521. The van der Waals surface area contributed by atoms with E-state index in [0.29, 0.717) is 30.3 Å². The molecule has 0 radical (unpaired) electrons. The molecule has 2 atom stereocenters. The number of carbonyl (C=O) groups is 2. The highest BCUT2D eigenvalue weighted by Crippen LogP contribution is 2.37. The molecular formula is C26H29N8O2+. The number of nitrogens with one attached hydrogen (secondary N) is 2. The predicted molar refractivity (Wildman–Crippen MR) is 138 cm³/mol. The van der Waals surface area contributed by atoms with Gasteiger partial charge in [0, 0.05) is 37.3 Å². The molecule has 5 rings (SSSR count). The summed E-state index contributed by atoms with van der Waals surface area (Å²) >= 11 is 0. The molecule has 36 heavy (non-hydrogen) atoms. The molecule has 10 nitrogen and oxygen atoms in total. The zero-order valence-corrected chi connectivity index (χ0v) is 20.1. The Morgan fingerprint density at radius 1 is 1.19 bits per heavy atom. The van der Waals surface area contributed by atoms with E-state index in [1.807, 2.05) is 30.0 Å². The van der Waals surface area contributed by atoms with Crippen molar-refractivity contribution in [3.8, 4) is 0 Å². The van der Waals surface area contributed by atoms with Gasteiger partial charge >= 0.3 is 6.03 Å². The van der Waals surface area contributed by atoms with E-state index in [4.69, 9.17) is 10.8 Å². The van der Waals surface area contributed by atoms with Gasteiger partial charge in [-0.15, -0.1) is 4.59 Å². The van der Waals surface area contributed by atoms with E-state index >= 15 is 0 Å². The Morgan fingerprint density at radius 2 is 2.03 bits per heavy atom. The Balaban J connectivity index is 1.40. The summed E-state index contributed by atoms with van der Waals surface area (Å²) in [4.78, 5) is 40.4. The van der Waals surface area contributed by atoms with Gasteiger partial charge < -0.3 is 15.5 Å². The normalized spacial score (nSPS) is 22.8. The molecule has 3 amide bonds. The molecule has 10 heteroatoms. The number of likely N-dealkylation sites (tertiary alicyclic amines) is 1. The molecule has 1 saturated heterocycles. The molecular weight excluding hydrogens is 456 g/mol. The number of carbonyl (C=O) groups excluding carboxylic acids is 2. The number of nitrogens with zero attached hydrogens (tertiary/aromatic N) is 5. The number of benzene rings is 1. The van der Waals surface area contributed by atoms with Crippen LogP contribution in [-0.2, 0) is 0 Å². The van der Waals surface area contributed by atoms with Crippen LogP contribution >= 0.6 is 0 Å². The highest BCUT2D eigenvalue weighted by Gasteiger charge is 2.46. The first-order valence-corrected chi connectivity index (χ1v) is 12.1. The topological polar surface area (TPSA) is 125 Å². The lowest BCUT2D eigenvalue weighted by atomic mass is 9.94. The number of fused-ring (bicyclic) bond motifs is 1. The van der Waals surface area contributed by atoms with Gasteiger partial charge in [-0.2, -0.15) is 10.8 Å². The van der Waals surface area contributed by atoms with Crippen LogP contribution in [0.4, 0.5) is 10.6 Å². The molecule has 1 aromatic carbocycles. The number of rotatable bonds is 5. The highest BCUT2D eigenvalue weighted by molar-refractivity contribution is 6.05. The lowest BCUT2D eigenvalue weighted by Crippen LogP contribution is -2.53. The third kappa shape index (κ3) is 4.43. The first-order chi connectivity index (χ1) is 17.5. The lowest BCUT2D eigenvalue weighted by molar-refractivity contribution is -0.750. The predicted octanol–water partition coefficient (Wildman–Crippen LogP) is 2.99. The van der Waals surface area contributed by atoms with Gasteiger partial charge in [0.1, 0.15) is 17.7 Å². The zero-order chi connectivity index (χ0) is 25.1. The van der Waals surface area contributed by atoms with Crippen molar-refractivity contribution >= 4 is 29.8 Å². The van der Waals surface area contributed by atoms with Crippen molar-refractivity contribution < 1.29 is 14.2 Å². The van der Waals surface area contributed by atoms with Crippen molar-refractivity contribution in [3.63, 3.8) is 0 Å². The molecule has 3 aliphatic rings. The zero-order valence-electron chi connectivity index (χ0n) is 20.1. The van der Waals surface area contributed by atoms with Crippen molar-refractivity contribution in [1.29, 1.82) is 0 Å². The van der Waals surface area contributed by atoms with E-state index in [0.717, 1.165) is 36.3 Å². The molecule has 1 aromatic heterocycles. The monoisotopic (exact) mass is 485 g/mol. The van der Waals surface area contributed by atoms with Gasteiger partial charge in [-0.3, -0.25) is 9.79 Å². The van der Waals surface area contributed by atoms with Crippen LogP contribution in [0.1, 0.15) is 35.7 Å². The van der Waals surface area contributed by atoms with Crippen LogP contribution in [0.25, 0.3) is 0 Å². The highest BCUT2D eigenvalue weighted by atomic mass is 16.2. The number of amidine groups is 1. The first kappa shape index (κ1) is 23.6. The molecule has 1 unspecified atom stereocenters. The van der Waals surface area contributed by atoms with E-state index in [1.165, 1.54) is 0 Å². The average molecular weight is 486 g/mol. The standard InChI is InChI=1S/C26H28N8O2/c1-2-29-26(36)33-14-5-6-20(17-33)23-21-16-28-13-15-34(21,27)24(32-23)18-8-10-19(11-9-18)25(35)31-22-7-3-4-12-30-22/h3-4,7-13,15-16,20H,2,5-6,14,17,27H2,1H3,(H-,29,30,31,35,36)/p+1/t20-,34?/m1/s1. The molecule has 2 aromatic rings. The van der Waals surface area contributed by atoms with Gasteiger partial charge in [-0.25, -0.2) is 9.78 Å². The summed E-state index contributed by atoms with van der Waals surface area (Å²) in [5, 5.41) is 5.68.